The second-order valence-electron chi connectivity index (χ2n) is 6.01. The molecule has 1 unspecified atom stereocenters. The molecular weight excluding hydrogens is 436 g/mol. The van der Waals surface area contributed by atoms with Crippen LogP contribution in [0.5, 0.6) is 0 Å². The number of rotatable bonds is 7. The first kappa shape index (κ1) is 21.2. The maximum absolute atomic E-state index is 12.6. The van der Waals surface area contributed by atoms with Crippen LogP contribution in [0, 0.1) is 10.1 Å². The van der Waals surface area contributed by atoms with Crippen LogP contribution >= 0.6 is 24.0 Å². The summed E-state index contributed by atoms with van der Waals surface area (Å²) < 4.78 is 5.54. The summed E-state index contributed by atoms with van der Waals surface area (Å²) in [4.78, 5) is 46.2. The van der Waals surface area contributed by atoms with Gasteiger partial charge in [-0.1, -0.05) is 36.1 Å². The van der Waals surface area contributed by atoms with E-state index in [1.807, 2.05) is 0 Å². The van der Waals surface area contributed by atoms with Crippen molar-refractivity contribution in [3.05, 3.63) is 57.2 Å². The molecule has 3 rings (SSSR count). The number of carbonyl (C=O) groups excluding carboxylic acids is 1. The lowest BCUT2D eigenvalue weighted by Gasteiger charge is -2.21. The van der Waals surface area contributed by atoms with Gasteiger partial charge in [-0.15, -0.1) is 0 Å². The van der Waals surface area contributed by atoms with Crippen LogP contribution < -0.4 is 0 Å². The molecule has 1 aromatic carbocycles. The van der Waals surface area contributed by atoms with Gasteiger partial charge in [0.1, 0.15) is 21.9 Å². The lowest BCUT2D eigenvalue weighted by atomic mass is 10.1. The number of hydrogen-bond donors (Lipinski definition) is 2. The van der Waals surface area contributed by atoms with Crippen LogP contribution in [0.3, 0.4) is 0 Å². The number of amides is 1. The van der Waals surface area contributed by atoms with Crippen LogP contribution in [0.4, 0.5) is 5.69 Å². The third kappa shape index (κ3) is 4.39. The number of carboxylic acid groups (broad SMARTS) is 2. The lowest BCUT2D eigenvalue weighted by Crippen LogP contribution is -2.45. The summed E-state index contributed by atoms with van der Waals surface area (Å²) in [6, 6.07) is 7.29. The van der Waals surface area contributed by atoms with Crippen LogP contribution in [0.2, 0.25) is 0 Å². The average Bonchev–Trinajstić information content (AvgIpc) is 3.25. The molecule has 1 aliphatic rings. The number of benzene rings is 1. The van der Waals surface area contributed by atoms with Crippen molar-refractivity contribution in [2.45, 2.75) is 12.5 Å². The first-order valence-corrected chi connectivity index (χ1v) is 9.46. The third-order valence-corrected chi connectivity index (χ3v) is 5.36. The Hall–Kier alpha value is -3.51. The molecule has 1 saturated heterocycles. The van der Waals surface area contributed by atoms with Crippen LogP contribution in [0.15, 0.2) is 45.7 Å². The van der Waals surface area contributed by atoms with Gasteiger partial charge in [0, 0.05) is 23.8 Å². The Kier molecular flexibility index (Phi) is 5.99. The maximum Gasteiger partial charge on any atom is 0.327 e. The molecule has 0 bridgehead atoms. The van der Waals surface area contributed by atoms with Gasteiger partial charge < -0.3 is 14.6 Å². The van der Waals surface area contributed by atoms with Gasteiger partial charge in [0.15, 0.2) is 0 Å². The number of thioether (sulfide) groups is 1. The van der Waals surface area contributed by atoms with E-state index >= 15 is 0 Å². The summed E-state index contributed by atoms with van der Waals surface area (Å²) in [6.45, 7) is 0. The molecule has 1 aliphatic heterocycles. The second kappa shape index (κ2) is 8.47. The molecule has 1 aromatic heterocycles. The van der Waals surface area contributed by atoms with E-state index in [-0.39, 0.29) is 20.7 Å². The topological polar surface area (TPSA) is 151 Å². The highest BCUT2D eigenvalue weighted by atomic mass is 32.2. The van der Waals surface area contributed by atoms with Crippen molar-refractivity contribution in [1.82, 2.24) is 4.90 Å². The Morgan fingerprint density at radius 3 is 2.67 bits per heavy atom. The molecule has 1 amide bonds. The van der Waals surface area contributed by atoms with Crippen LogP contribution in [-0.2, 0) is 14.4 Å². The van der Waals surface area contributed by atoms with E-state index in [0.29, 0.717) is 11.3 Å². The molecule has 30 heavy (non-hydrogen) atoms. The van der Waals surface area contributed by atoms with Gasteiger partial charge in [-0.25, -0.2) is 4.79 Å². The molecule has 2 heterocycles. The van der Waals surface area contributed by atoms with Crippen molar-refractivity contribution in [1.29, 1.82) is 0 Å². The Morgan fingerprint density at radius 2 is 2.03 bits per heavy atom. The van der Waals surface area contributed by atoms with Gasteiger partial charge in [0.2, 0.25) is 0 Å². The molecule has 0 saturated carbocycles. The molecule has 12 heteroatoms. The van der Waals surface area contributed by atoms with Crippen molar-refractivity contribution in [3.63, 3.8) is 0 Å². The Balaban J connectivity index is 1.86. The monoisotopic (exact) mass is 448 g/mol. The van der Waals surface area contributed by atoms with Crippen LogP contribution in [0.25, 0.3) is 17.4 Å². The maximum atomic E-state index is 12.6. The molecule has 0 spiro atoms. The highest BCUT2D eigenvalue weighted by Gasteiger charge is 2.41. The van der Waals surface area contributed by atoms with Crippen molar-refractivity contribution in [3.8, 4) is 11.3 Å². The molecule has 1 atom stereocenters. The SMILES string of the molecule is O=C(O)CC(C(=O)O)N1C(=O)/C(=C/c2ccc(-c3cccc([N+](=O)[O-])c3)o2)SC1=S. The van der Waals surface area contributed by atoms with Crippen molar-refractivity contribution >= 4 is 57.9 Å². The molecule has 2 aromatic rings. The van der Waals surface area contributed by atoms with Gasteiger partial charge >= 0.3 is 11.9 Å². The number of nitro benzene ring substituents is 1. The van der Waals surface area contributed by atoms with Gasteiger partial charge in [-0.05, 0) is 12.1 Å². The number of thiocarbonyl (C=S) groups is 1. The molecule has 154 valence electrons. The zero-order chi connectivity index (χ0) is 22.0. The molecule has 2 N–H and O–H groups in total. The van der Waals surface area contributed by atoms with Crippen molar-refractivity contribution < 1.29 is 33.9 Å². The molecule has 1 fully saturated rings. The van der Waals surface area contributed by atoms with E-state index in [2.05, 4.69) is 0 Å². The predicted octanol–water partition coefficient (Wildman–Crippen LogP) is 2.98. The first-order valence-electron chi connectivity index (χ1n) is 8.23. The Morgan fingerprint density at radius 1 is 1.30 bits per heavy atom. The zero-order valence-electron chi connectivity index (χ0n) is 14.9. The summed E-state index contributed by atoms with van der Waals surface area (Å²) in [5.74, 6) is -3.04. The fourth-order valence-electron chi connectivity index (χ4n) is 2.69. The highest BCUT2D eigenvalue weighted by molar-refractivity contribution is 8.26. The van der Waals surface area contributed by atoms with Gasteiger partial charge in [0.05, 0.1) is 16.2 Å². The minimum atomic E-state index is -1.63. The number of furan rings is 1. The van der Waals surface area contributed by atoms with Gasteiger partial charge in [-0.3, -0.25) is 24.6 Å². The van der Waals surface area contributed by atoms with Crippen LogP contribution in [-0.4, -0.2) is 48.2 Å². The van der Waals surface area contributed by atoms with Crippen molar-refractivity contribution in [2.75, 3.05) is 0 Å². The standard InChI is InChI=1S/C18H12N2O8S2/c21-15(22)8-12(17(24)25)19-16(23)14(30-18(19)29)7-11-4-5-13(28-11)9-2-1-3-10(6-9)20(26)27/h1-7,12H,8H2,(H,21,22)(H,24,25)/b14-7-. The Labute approximate surface area is 177 Å². The summed E-state index contributed by atoms with van der Waals surface area (Å²) in [7, 11) is 0. The van der Waals surface area contributed by atoms with E-state index < -0.39 is 35.2 Å². The van der Waals surface area contributed by atoms with E-state index in [1.54, 1.807) is 12.1 Å². The molecular formula is C18H12N2O8S2. The van der Waals surface area contributed by atoms with Crippen molar-refractivity contribution in [2.24, 2.45) is 0 Å². The summed E-state index contributed by atoms with van der Waals surface area (Å²) in [6.07, 6.45) is 0.548. The van der Waals surface area contributed by atoms with Gasteiger partial charge in [0.25, 0.3) is 11.6 Å². The quantitative estimate of drug-likeness (QED) is 0.280. The molecule has 10 nitrogen and oxygen atoms in total. The van der Waals surface area contributed by atoms with E-state index in [0.717, 1.165) is 16.7 Å². The number of aliphatic carboxylic acids is 2. The van der Waals surface area contributed by atoms with E-state index in [1.165, 1.54) is 30.3 Å². The van der Waals surface area contributed by atoms with Gasteiger partial charge in [-0.2, -0.15) is 0 Å². The average molecular weight is 448 g/mol. The third-order valence-electron chi connectivity index (χ3n) is 4.03. The lowest BCUT2D eigenvalue weighted by molar-refractivity contribution is -0.384. The first-order chi connectivity index (χ1) is 14.2. The zero-order valence-corrected chi connectivity index (χ0v) is 16.5. The smallest absolute Gasteiger partial charge is 0.327 e. The van der Waals surface area contributed by atoms with E-state index in [4.69, 9.17) is 21.7 Å². The van der Waals surface area contributed by atoms with E-state index in [9.17, 15) is 29.6 Å². The summed E-state index contributed by atoms with van der Waals surface area (Å²) in [5, 5.41) is 29.1. The number of non-ortho nitro benzene ring substituents is 1. The fourth-order valence-corrected chi connectivity index (χ4v) is 4.03. The Bertz CT molecular complexity index is 1110. The fraction of sp³-hybridized carbons (Fsp3) is 0.111. The summed E-state index contributed by atoms with van der Waals surface area (Å²) in [5.41, 5.74) is 0.355. The number of nitrogens with zero attached hydrogens (tertiary/aromatic N) is 2. The predicted molar refractivity (Wildman–Crippen MR) is 109 cm³/mol. The largest absolute Gasteiger partial charge is 0.481 e. The normalized spacial score (nSPS) is 16.1. The minimum Gasteiger partial charge on any atom is -0.481 e. The molecule has 0 radical (unpaired) electrons. The molecule has 0 aliphatic carbocycles. The highest BCUT2D eigenvalue weighted by Crippen LogP contribution is 2.35. The minimum absolute atomic E-state index is 0.0663. The number of nitro groups is 1. The number of carbonyl (C=O) groups is 3. The number of hydrogen-bond acceptors (Lipinski definition) is 8. The second-order valence-corrected chi connectivity index (χ2v) is 7.69. The summed E-state index contributed by atoms with van der Waals surface area (Å²) >= 11 is 5.88. The van der Waals surface area contributed by atoms with Crippen LogP contribution in [0.1, 0.15) is 12.2 Å². The number of carboxylic acids is 2.